The van der Waals surface area contributed by atoms with Gasteiger partial charge in [0.15, 0.2) is 0 Å². The van der Waals surface area contributed by atoms with Crippen LogP contribution < -0.4 is 0 Å². The largest absolute Gasteiger partial charge is 0.125 e. The molecule has 0 heterocycles. The summed E-state index contributed by atoms with van der Waals surface area (Å²) in [5.41, 5.74) is 0. The average Bonchev–Trinajstić information content (AvgIpc) is 2.05. The van der Waals surface area contributed by atoms with E-state index in [1.807, 2.05) is 0 Å². The first-order chi connectivity index (χ1) is 5.35. The molecule has 0 aromatic rings. The van der Waals surface area contributed by atoms with Gasteiger partial charge in [-0.3, -0.25) is 0 Å². The van der Waals surface area contributed by atoms with Crippen molar-refractivity contribution >= 4 is 8.58 Å². The van der Waals surface area contributed by atoms with E-state index in [9.17, 15) is 0 Å². The maximum absolute atomic E-state index is 2.39. The first kappa shape index (κ1) is 11.2. The molecule has 66 valence electrons. The molecule has 0 aromatic heterocycles. The van der Waals surface area contributed by atoms with E-state index in [1.165, 1.54) is 25.4 Å². The van der Waals surface area contributed by atoms with Gasteiger partial charge < -0.3 is 0 Å². The smallest absolute Gasteiger partial charge is 0.0233 e. The van der Waals surface area contributed by atoms with Crippen molar-refractivity contribution in [3.8, 4) is 0 Å². The lowest BCUT2D eigenvalue weighted by Gasteiger charge is -2.07. The summed E-state index contributed by atoms with van der Waals surface area (Å²) >= 11 is 0. The van der Waals surface area contributed by atoms with Gasteiger partial charge in [-0.1, -0.05) is 26.0 Å². The highest BCUT2D eigenvalue weighted by atomic mass is 31.1. The lowest BCUT2D eigenvalue weighted by Crippen LogP contribution is -1.95. The molecule has 0 aliphatic rings. The van der Waals surface area contributed by atoms with E-state index < -0.39 is 0 Å². The Morgan fingerprint density at radius 1 is 1.36 bits per heavy atom. The minimum absolute atomic E-state index is 0.849. The third-order valence-corrected chi connectivity index (χ3v) is 2.72. The van der Waals surface area contributed by atoms with Crippen LogP contribution in [0, 0.1) is 5.92 Å². The molecule has 0 saturated carbocycles. The van der Waals surface area contributed by atoms with Crippen molar-refractivity contribution < 1.29 is 0 Å². The molecule has 0 N–H and O–H groups in total. The maximum Gasteiger partial charge on any atom is -0.0233 e. The Balaban J connectivity index is 3.48. The third kappa shape index (κ3) is 6.56. The van der Waals surface area contributed by atoms with Crippen LogP contribution >= 0.6 is 8.58 Å². The molecule has 0 radical (unpaired) electrons. The average molecular weight is 172 g/mol. The van der Waals surface area contributed by atoms with Gasteiger partial charge in [0.05, 0.1) is 0 Å². The van der Waals surface area contributed by atoms with Crippen molar-refractivity contribution in [2.75, 3.05) is 12.8 Å². The first-order valence-electron chi connectivity index (χ1n) is 4.66. The zero-order valence-corrected chi connectivity index (χ0v) is 9.06. The Morgan fingerprint density at radius 3 is 2.55 bits per heavy atom. The van der Waals surface area contributed by atoms with Crippen LogP contribution in [0.3, 0.4) is 0 Å². The van der Waals surface area contributed by atoms with E-state index in [2.05, 4.69) is 32.7 Å². The van der Waals surface area contributed by atoms with Crippen LogP contribution in [0.25, 0.3) is 0 Å². The maximum atomic E-state index is 2.39. The number of allylic oxidation sites excluding steroid dienone is 2. The summed E-state index contributed by atoms with van der Waals surface area (Å²) in [7, 11) is 1.12. The molecule has 1 heteroatoms. The summed E-state index contributed by atoms with van der Waals surface area (Å²) in [5.74, 6) is 0.849. The normalized spacial score (nSPS) is 15.2. The molecule has 0 aliphatic heterocycles. The molecule has 0 spiro atoms. The topological polar surface area (TPSA) is 0 Å². The predicted molar refractivity (Wildman–Crippen MR) is 56.9 cm³/mol. The molecule has 0 bridgehead atoms. The van der Waals surface area contributed by atoms with Gasteiger partial charge in [-0.15, -0.1) is 8.58 Å². The highest BCUT2D eigenvalue weighted by Crippen LogP contribution is 2.15. The van der Waals surface area contributed by atoms with E-state index in [0.29, 0.717) is 0 Å². The van der Waals surface area contributed by atoms with E-state index >= 15 is 0 Å². The molecule has 0 fully saturated rings. The molecule has 2 unspecified atom stereocenters. The van der Waals surface area contributed by atoms with Gasteiger partial charge in [-0.05, 0) is 38.0 Å². The standard InChI is InChI=1S/C10H21P/c1-4-6-7-10(5-2)8-9-11-3/h6-7,10-11H,4-5,8-9H2,1-3H3. The van der Waals surface area contributed by atoms with Gasteiger partial charge in [-0.25, -0.2) is 0 Å². The van der Waals surface area contributed by atoms with Crippen LogP contribution in [0.1, 0.15) is 33.1 Å². The van der Waals surface area contributed by atoms with Crippen molar-refractivity contribution in [3.63, 3.8) is 0 Å². The Morgan fingerprint density at radius 2 is 2.09 bits per heavy atom. The summed E-state index contributed by atoms with van der Waals surface area (Å²) in [4.78, 5) is 0. The van der Waals surface area contributed by atoms with Gasteiger partial charge in [0.25, 0.3) is 0 Å². The molecule has 0 amide bonds. The van der Waals surface area contributed by atoms with Crippen LogP contribution in [-0.2, 0) is 0 Å². The van der Waals surface area contributed by atoms with Crippen LogP contribution in [0.5, 0.6) is 0 Å². The fraction of sp³-hybridized carbons (Fsp3) is 0.800. The molecular formula is C10H21P. The Bertz CT molecular complexity index is 97.0. The SMILES string of the molecule is CCC=CC(CC)CCPC. The summed E-state index contributed by atoms with van der Waals surface area (Å²) in [6.45, 7) is 6.77. The van der Waals surface area contributed by atoms with E-state index in [1.54, 1.807) is 0 Å². The zero-order chi connectivity index (χ0) is 8.53. The zero-order valence-electron chi connectivity index (χ0n) is 8.06. The molecular weight excluding hydrogens is 151 g/mol. The highest BCUT2D eigenvalue weighted by molar-refractivity contribution is 7.36. The quantitative estimate of drug-likeness (QED) is 0.423. The van der Waals surface area contributed by atoms with Crippen molar-refractivity contribution in [2.45, 2.75) is 33.1 Å². The van der Waals surface area contributed by atoms with Gasteiger partial charge >= 0.3 is 0 Å². The van der Waals surface area contributed by atoms with E-state index in [0.717, 1.165) is 14.5 Å². The second kappa shape index (κ2) is 8.27. The molecule has 0 aliphatic carbocycles. The van der Waals surface area contributed by atoms with Crippen molar-refractivity contribution in [3.05, 3.63) is 12.2 Å². The minimum atomic E-state index is 0.849. The first-order valence-corrected chi connectivity index (χ1v) is 6.37. The summed E-state index contributed by atoms with van der Waals surface area (Å²) in [6.07, 6.45) is 9.98. The second-order valence-corrected chi connectivity index (χ2v) is 4.10. The lowest BCUT2D eigenvalue weighted by atomic mass is 10.0. The van der Waals surface area contributed by atoms with E-state index in [-0.39, 0.29) is 0 Å². The predicted octanol–water partition coefficient (Wildman–Crippen LogP) is 3.68. The monoisotopic (exact) mass is 172 g/mol. The summed E-state index contributed by atoms with van der Waals surface area (Å²) in [6, 6.07) is 0. The molecule has 11 heavy (non-hydrogen) atoms. The van der Waals surface area contributed by atoms with Crippen molar-refractivity contribution in [1.82, 2.24) is 0 Å². The summed E-state index contributed by atoms with van der Waals surface area (Å²) < 4.78 is 0. The summed E-state index contributed by atoms with van der Waals surface area (Å²) in [5, 5.41) is 0. The van der Waals surface area contributed by atoms with Crippen molar-refractivity contribution in [1.29, 1.82) is 0 Å². The van der Waals surface area contributed by atoms with E-state index in [4.69, 9.17) is 0 Å². The number of hydrogen-bond acceptors (Lipinski definition) is 0. The Kier molecular flexibility index (Phi) is 8.40. The number of rotatable bonds is 6. The Labute approximate surface area is 73.2 Å². The third-order valence-electron chi connectivity index (χ3n) is 1.93. The molecule has 0 saturated heterocycles. The van der Waals surface area contributed by atoms with Crippen LogP contribution in [-0.4, -0.2) is 12.8 Å². The van der Waals surface area contributed by atoms with Crippen LogP contribution in [0.4, 0.5) is 0 Å². The fourth-order valence-corrected chi connectivity index (χ4v) is 1.75. The Hall–Kier alpha value is 0.170. The number of hydrogen-bond donors (Lipinski definition) is 0. The lowest BCUT2D eigenvalue weighted by molar-refractivity contribution is 0.609. The minimum Gasteiger partial charge on any atom is -0.125 e. The second-order valence-electron chi connectivity index (χ2n) is 2.90. The molecule has 0 rings (SSSR count). The van der Waals surface area contributed by atoms with Gasteiger partial charge in [0.2, 0.25) is 0 Å². The van der Waals surface area contributed by atoms with Gasteiger partial charge in [0.1, 0.15) is 0 Å². The molecule has 0 nitrogen and oxygen atoms in total. The van der Waals surface area contributed by atoms with Crippen LogP contribution in [0.15, 0.2) is 12.2 Å². The van der Waals surface area contributed by atoms with Gasteiger partial charge in [0, 0.05) is 0 Å². The van der Waals surface area contributed by atoms with Gasteiger partial charge in [-0.2, -0.15) is 0 Å². The van der Waals surface area contributed by atoms with Crippen molar-refractivity contribution in [2.24, 2.45) is 5.92 Å². The van der Waals surface area contributed by atoms with Crippen LogP contribution in [0.2, 0.25) is 0 Å². The molecule has 2 atom stereocenters. The highest BCUT2D eigenvalue weighted by Gasteiger charge is 1.98. The fourth-order valence-electron chi connectivity index (χ4n) is 1.09. The molecule has 0 aromatic carbocycles.